The monoisotopic (exact) mass is 396 g/mol. The molecular formula is C17H18F2N4O3S. The Hall–Kier alpha value is -2.56. The Morgan fingerprint density at radius 2 is 1.63 bits per heavy atom. The molecular weight excluding hydrogens is 378 g/mol. The standard InChI is InChI=1S/C17H18F2N4O3S/c1-10-15(16(24)20-14-8-11(18)7-12(19)9-14)17(22-21-10)27(25,26)23-13-5-3-2-4-6-13/h2-10,15,17,21-23H,1H3,(H,20,24). The second-order valence-corrected chi connectivity index (χ2v) is 7.99. The fourth-order valence-corrected chi connectivity index (χ4v) is 4.44. The van der Waals surface area contributed by atoms with Crippen LogP contribution >= 0.6 is 0 Å². The van der Waals surface area contributed by atoms with Crippen LogP contribution in [0.15, 0.2) is 48.5 Å². The van der Waals surface area contributed by atoms with E-state index in [0.29, 0.717) is 11.8 Å². The molecule has 10 heteroatoms. The predicted molar refractivity (Wildman–Crippen MR) is 97.0 cm³/mol. The molecule has 1 aliphatic rings. The van der Waals surface area contributed by atoms with Crippen LogP contribution in [0.5, 0.6) is 0 Å². The van der Waals surface area contributed by atoms with Gasteiger partial charge in [-0.2, -0.15) is 0 Å². The van der Waals surface area contributed by atoms with Crippen LogP contribution < -0.4 is 20.9 Å². The summed E-state index contributed by atoms with van der Waals surface area (Å²) in [5.41, 5.74) is 5.58. The summed E-state index contributed by atoms with van der Waals surface area (Å²) in [7, 11) is -3.98. The van der Waals surface area contributed by atoms with Gasteiger partial charge in [0, 0.05) is 23.5 Å². The number of carbonyl (C=O) groups is 1. The molecule has 1 saturated heterocycles. The maximum Gasteiger partial charge on any atom is 0.250 e. The number of nitrogens with one attached hydrogen (secondary N) is 4. The van der Waals surface area contributed by atoms with Crippen molar-refractivity contribution in [1.29, 1.82) is 0 Å². The molecule has 3 unspecified atom stereocenters. The number of amides is 1. The first kappa shape index (κ1) is 19.2. The zero-order valence-electron chi connectivity index (χ0n) is 14.2. The van der Waals surface area contributed by atoms with Gasteiger partial charge in [0.1, 0.15) is 11.6 Å². The van der Waals surface area contributed by atoms with Crippen LogP contribution in [-0.2, 0) is 14.8 Å². The third kappa shape index (κ3) is 4.41. The summed E-state index contributed by atoms with van der Waals surface area (Å²) in [6, 6.07) is 10.3. The third-order valence-electron chi connectivity index (χ3n) is 4.12. The summed E-state index contributed by atoms with van der Waals surface area (Å²) in [5.74, 6) is -3.43. The highest BCUT2D eigenvalue weighted by Gasteiger charge is 2.46. The Morgan fingerprint density at radius 3 is 2.26 bits per heavy atom. The highest BCUT2D eigenvalue weighted by molar-refractivity contribution is 7.93. The molecule has 7 nitrogen and oxygen atoms in total. The van der Waals surface area contributed by atoms with E-state index >= 15 is 0 Å². The molecule has 0 saturated carbocycles. The van der Waals surface area contributed by atoms with Gasteiger partial charge in [-0.3, -0.25) is 14.9 Å². The number of halogens is 2. The zero-order chi connectivity index (χ0) is 19.6. The minimum Gasteiger partial charge on any atom is -0.326 e. The van der Waals surface area contributed by atoms with Gasteiger partial charge in [0.25, 0.3) is 10.0 Å². The Kier molecular flexibility index (Phi) is 5.40. The molecule has 3 rings (SSSR count). The molecule has 3 atom stereocenters. The summed E-state index contributed by atoms with van der Waals surface area (Å²) in [5, 5.41) is 1.08. The first-order chi connectivity index (χ1) is 12.8. The minimum absolute atomic E-state index is 0.0937. The smallest absolute Gasteiger partial charge is 0.250 e. The van der Waals surface area contributed by atoms with Crippen LogP contribution in [0.1, 0.15) is 6.92 Å². The maximum atomic E-state index is 13.3. The Morgan fingerprint density at radius 1 is 1.00 bits per heavy atom. The number of hydrogen-bond donors (Lipinski definition) is 4. The molecule has 1 fully saturated rings. The molecule has 0 aromatic heterocycles. The van der Waals surface area contributed by atoms with E-state index in [9.17, 15) is 22.0 Å². The second kappa shape index (κ2) is 7.59. The molecule has 2 aromatic rings. The molecule has 1 aliphatic heterocycles. The first-order valence-electron chi connectivity index (χ1n) is 8.11. The van der Waals surface area contributed by atoms with Gasteiger partial charge in [0.15, 0.2) is 5.37 Å². The number of benzene rings is 2. The van der Waals surface area contributed by atoms with Crippen LogP contribution in [0.3, 0.4) is 0 Å². The van der Waals surface area contributed by atoms with Crippen LogP contribution in [0, 0.1) is 17.6 Å². The lowest BCUT2D eigenvalue weighted by molar-refractivity contribution is -0.119. The molecule has 2 aromatic carbocycles. The van der Waals surface area contributed by atoms with Crippen molar-refractivity contribution in [3.05, 3.63) is 60.2 Å². The molecule has 4 N–H and O–H groups in total. The minimum atomic E-state index is -3.98. The molecule has 144 valence electrons. The summed E-state index contributed by atoms with van der Waals surface area (Å²) in [6.45, 7) is 1.63. The first-order valence-corrected chi connectivity index (χ1v) is 9.65. The maximum absolute atomic E-state index is 13.3. The number of rotatable bonds is 5. The topological polar surface area (TPSA) is 99.3 Å². The molecule has 0 bridgehead atoms. The largest absolute Gasteiger partial charge is 0.326 e. The van der Waals surface area contributed by atoms with Crippen molar-refractivity contribution in [2.24, 2.45) is 5.92 Å². The number of hydrazine groups is 1. The predicted octanol–water partition coefficient (Wildman–Crippen LogP) is 1.78. The van der Waals surface area contributed by atoms with E-state index in [1.54, 1.807) is 37.3 Å². The van der Waals surface area contributed by atoms with E-state index in [0.717, 1.165) is 12.1 Å². The van der Waals surface area contributed by atoms with E-state index in [-0.39, 0.29) is 5.69 Å². The zero-order valence-corrected chi connectivity index (χ0v) is 15.1. The third-order valence-corrected chi connectivity index (χ3v) is 5.72. The van der Waals surface area contributed by atoms with Crippen molar-refractivity contribution in [3.8, 4) is 0 Å². The van der Waals surface area contributed by atoms with Gasteiger partial charge in [0.2, 0.25) is 5.91 Å². The fourth-order valence-electron chi connectivity index (χ4n) is 2.88. The number of carbonyl (C=O) groups excluding carboxylic acids is 1. The van der Waals surface area contributed by atoms with Gasteiger partial charge in [0.05, 0.1) is 5.92 Å². The van der Waals surface area contributed by atoms with Gasteiger partial charge >= 0.3 is 0 Å². The van der Waals surface area contributed by atoms with Crippen molar-refractivity contribution in [2.75, 3.05) is 10.0 Å². The molecule has 1 heterocycles. The van der Waals surface area contributed by atoms with Crippen molar-refractivity contribution in [2.45, 2.75) is 18.3 Å². The number of hydrogen-bond acceptors (Lipinski definition) is 5. The summed E-state index contributed by atoms with van der Waals surface area (Å²) >= 11 is 0. The van der Waals surface area contributed by atoms with E-state index in [1.165, 1.54) is 0 Å². The van der Waals surface area contributed by atoms with Gasteiger partial charge < -0.3 is 5.32 Å². The fraction of sp³-hybridized carbons (Fsp3) is 0.235. The molecule has 1 amide bonds. The van der Waals surface area contributed by atoms with Crippen molar-refractivity contribution >= 4 is 27.3 Å². The SMILES string of the molecule is CC1NNC(S(=O)(=O)Nc2ccccc2)C1C(=O)Nc1cc(F)cc(F)c1. The van der Waals surface area contributed by atoms with E-state index < -0.39 is 44.9 Å². The quantitative estimate of drug-likeness (QED) is 0.618. The molecule has 0 spiro atoms. The van der Waals surface area contributed by atoms with E-state index in [4.69, 9.17) is 0 Å². The van der Waals surface area contributed by atoms with E-state index in [2.05, 4.69) is 20.9 Å². The highest BCUT2D eigenvalue weighted by atomic mass is 32.2. The Labute approximate surface area is 155 Å². The van der Waals surface area contributed by atoms with Crippen LogP contribution in [0.2, 0.25) is 0 Å². The van der Waals surface area contributed by atoms with Gasteiger partial charge in [-0.05, 0) is 31.2 Å². The summed E-state index contributed by atoms with van der Waals surface area (Å²) < 4.78 is 54.5. The van der Waals surface area contributed by atoms with Gasteiger partial charge in [-0.1, -0.05) is 18.2 Å². The van der Waals surface area contributed by atoms with E-state index in [1.807, 2.05) is 0 Å². The average molecular weight is 396 g/mol. The van der Waals surface area contributed by atoms with Crippen molar-refractivity contribution in [3.63, 3.8) is 0 Å². The number of anilines is 2. The normalized spacial score (nSPS) is 22.4. The van der Waals surface area contributed by atoms with Gasteiger partial charge in [-0.25, -0.2) is 22.6 Å². The van der Waals surface area contributed by atoms with Crippen molar-refractivity contribution < 1.29 is 22.0 Å². The lowest BCUT2D eigenvalue weighted by Crippen LogP contribution is -2.45. The van der Waals surface area contributed by atoms with Crippen LogP contribution in [0.25, 0.3) is 0 Å². The molecule has 0 radical (unpaired) electrons. The van der Waals surface area contributed by atoms with Gasteiger partial charge in [-0.15, -0.1) is 0 Å². The average Bonchev–Trinajstić information content (AvgIpc) is 2.97. The Balaban J connectivity index is 1.81. The highest BCUT2D eigenvalue weighted by Crippen LogP contribution is 2.24. The number of para-hydroxylation sites is 1. The lowest BCUT2D eigenvalue weighted by Gasteiger charge is -2.21. The number of sulfonamides is 1. The van der Waals surface area contributed by atoms with Crippen molar-refractivity contribution in [1.82, 2.24) is 10.9 Å². The summed E-state index contributed by atoms with van der Waals surface area (Å²) in [4.78, 5) is 12.6. The summed E-state index contributed by atoms with van der Waals surface area (Å²) in [6.07, 6.45) is 0. The second-order valence-electron chi connectivity index (χ2n) is 6.18. The Bertz CT molecular complexity index is 920. The lowest BCUT2D eigenvalue weighted by atomic mass is 10.0. The van der Waals surface area contributed by atoms with Crippen LogP contribution in [-0.4, -0.2) is 25.7 Å². The molecule has 0 aliphatic carbocycles. The molecule has 27 heavy (non-hydrogen) atoms. The van der Waals surface area contributed by atoms with Crippen LogP contribution in [0.4, 0.5) is 20.2 Å².